The van der Waals surface area contributed by atoms with Crippen LogP contribution in [0.15, 0.2) is 30.5 Å². The first-order valence-corrected chi connectivity index (χ1v) is 3.62. The van der Waals surface area contributed by atoms with Crippen LogP contribution in [0.4, 0.5) is 0 Å². The molecule has 0 saturated heterocycles. The summed E-state index contributed by atoms with van der Waals surface area (Å²) in [7, 11) is 0. The van der Waals surface area contributed by atoms with Gasteiger partial charge in [-0.05, 0) is 6.07 Å². The Kier molecular flexibility index (Phi) is 1.59. The molecule has 2 nitrogen and oxygen atoms in total. The molecule has 57 valence electrons. The maximum atomic E-state index is 10.6. The number of carbonyl (C=O) groups is 1. The second-order valence-electron chi connectivity index (χ2n) is 2.45. The minimum absolute atomic E-state index is 0.570. The number of fused-ring (bicyclic) bond motifs is 1. The van der Waals surface area contributed by atoms with Crippen LogP contribution in [0.25, 0.3) is 10.9 Å². The maximum Gasteiger partial charge on any atom is 0.151 e. The van der Waals surface area contributed by atoms with E-state index in [1.165, 1.54) is 6.20 Å². The van der Waals surface area contributed by atoms with Gasteiger partial charge in [0.25, 0.3) is 0 Å². The summed E-state index contributed by atoms with van der Waals surface area (Å²) in [5, 5.41) is 0.856. The Morgan fingerprint density at radius 2 is 2.17 bits per heavy atom. The number of nitrogens with zero attached hydrogens (tertiary/aromatic N) is 1. The van der Waals surface area contributed by atoms with Crippen LogP contribution in [0.3, 0.4) is 0 Å². The van der Waals surface area contributed by atoms with E-state index in [0.717, 1.165) is 17.2 Å². The molecule has 0 aliphatic carbocycles. The van der Waals surface area contributed by atoms with Crippen LogP contribution in [-0.2, 0) is 0 Å². The molecule has 0 unspecified atom stereocenters. The highest BCUT2D eigenvalue weighted by molar-refractivity contribution is 5.95. The highest BCUT2D eigenvalue weighted by Crippen LogP contribution is 2.13. The third kappa shape index (κ3) is 0.975. The number of hydrogen-bond acceptors (Lipinski definition) is 2. The number of aldehydes is 1. The summed E-state index contributed by atoms with van der Waals surface area (Å²) in [5.41, 5.74) is 1.40. The van der Waals surface area contributed by atoms with E-state index in [1.807, 2.05) is 24.3 Å². The molecule has 0 amide bonds. The molecular formula is C10H6NO. The summed E-state index contributed by atoms with van der Waals surface area (Å²) in [5.74, 6) is 0. The van der Waals surface area contributed by atoms with Crippen molar-refractivity contribution in [3.8, 4) is 0 Å². The average Bonchev–Trinajstić information content (AvgIpc) is 2.17. The molecule has 2 heteroatoms. The quantitative estimate of drug-likeness (QED) is 0.590. The SMILES string of the molecule is O=Cc1[c]cnc2ccccc12. The van der Waals surface area contributed by atoms with Gasteiger partial charge in [-0.2, -0.15) is 0 Å². The second kappa shape index (κ2) is 2.74. The average molecular weight is 156 g/mol. The van der Waals surface area contributed by atoms with Crippen molar-refractivity contribution in [1.82, 2.24) is 4.98 Å². The number of pyridine rings is 1. The van der Waals surface area contributed by atoms with Gasteiger partial charge in [0.2, 0.25) is 0 Å². The maximum absolute atomic E-state index is 10.6. The van der Waals surface area contributed by atoms with Crippen LogP contribution >= 0.6 is 0 Å². The molecule has 0 N–H and O–H groups in total. The lowest BCUT2D eigenvalue weighted by molar-refractivity contribution is 0.112. The largest absolute Gasteiger partial charge is 0.298 e. The Labute approximate surface area is 69.9 Å². The zero-order valence-corrected chi connectivity index (χ0v) is 6.32. The summed E-state index contributed by atoms with van der Waals surface area (Å²) >= 11 is 0. The van der Waals surface area contributed by atoms with Gasteiger partial charge in [-0.15, -0.1) is 0 Å². The van der Waals surface area contributed by atoms with E-state index >= 15 is 0 Å². The standard InChI is InChI=1S/C10H6NO/c12-7-8-5-6-11-10-4-2-1-3-9(8)10/h1-4,6-7H. The Morgan fingerprint density at radius 3 is 3.00 bits per heavy atom. The van der Waals surface area contributed by atoms with Gasteiger partial charge >= 0.3 is 0 Å². The molecule has 1 heterocycles. The van der Waals surface area contributed by atoms with Gasteiger partial charge in [0, 0.05) is 23.2 Å². The Balaban J connectivity index is 2.88. The third-order valence-electron chi connectivity index (χ3n) is 1.74. The van der Waals surface area contributed by atoms with Crippen molar-refractivity contribution < 1.29 is 4.79 Å². The fourth-order valence-electron chi connectivity index (χ4n) is 1.16. The van der Waals surface area contributed by atoms with Crippen molar-refractivity contribution in [2.45, 2.75) is 0 Å². The minimum atomic E-state index is 0.570. The van der Waals surface area contributed by atoms with Gasteiger partial charge in [0.15, 0.2) is 6.29 Å². The highest BCUT2D eigenvalue weighted by atomic mass is 16.1. The predicted octanol–water partition coefficient (Wildman–Crippen LogP) is 1.85. The van der Waals surface area contributed by atoms with Gasteiger partial charge in [-0.25, -0.2) is 0 Å². The van der Waals surface area contributed by atoms with Crippen LogP contribution in [0.2, 0.25) is 0 Å². The molecule has 0 saturated carbocycles. The zero-order valence-electron chi connectivity index (χ0n) is 6.32. The van der Waals surface area contributed by atoms with Gasteiger partial charge in [-0.1, -0.05) is 18.2 Å². The zero-order chi connectivity index (χ0) is 8.39. The van der Waals surface area contributed by atoms with Crippen LogP contribution in [-0.4, -0.2) is 11.3 Å². The fraction of sp³-hybridized carbons (Fsp3) is 0. The molecule has 0 aliphatic heterocycles. The second-order valence-corrected chi connectivity index (χ2v) is 2.45. The smallest absolute Gasteiger partial charge is 0.151 e. The molecule has 0 atom stereocenters. The molecule has 12 heavy (non-hydrogen) atoms. The molecule has 0 bridgehead atoms. The first kappa shape index (κ1) is 6.98. The molecule has 1 aromatic carbocycles. The Hall–Kier alpha value is -1.70. The highest BCUT2D eigenvalue weighted by Gasteiger charge is 1.98. The number of rotatable bonds is 1. The molecule has 1 aromatic heterocycles. The Bertz CT molecular complexity index is 418. The molecule has 0 aliphatic rings. The molecule has 0 spiro atoms. The lowest BCUT2D eigenvalue weighted by Crippen LogP contribution is -1.85. The lowest BCUT2D eigenvalue weighted by atomic mass is 10.1. The number of carbonyl (C=O) groups excluding carboxylic acids is 1. The van der Waals surface area contributed by atoms with E-state index in [-0.39, 0.29) is 0 Å². The van der Waals surface area contributed by atoms with E-state index in [2.05, 4.69) is 11.1 Å². The van der Waals surface area contributed by atoms with Gasteiger partial charge in [0.1, 0.15) is 0 Å². The number of benzene rings is 1. The molecular weight excluding hydrogens is 150 g/mol. The van der Waals surface area contributed by atoms with E-state index in [1.54, 1.807) is 0 Å². The number of hydrogen-bond donors (Lipinski definition) is 0. The van der Waals surface area contributed by atoms with Gasteiger partial charge in [0.05, 0.1) is 5.52 Å². The van der Waals surface area contributed by atoms with Crippen LogP contribution in [0.1, 0.15) is 10.4 Å². The van der Waals surface area contributed by atoms with E-state index in [9.17, 15) is 4.79 Å². The normalized spacial score (nSPS) is 10.0. The number of aromatic nitrogens is 1. The monoisotopic (exact) mass is 156 g/mol. The van der Waals surface area contributed by atoms with E-state index in [4.69, 9.17) is 0 Å². The first-order valence-electron chi connectivity index (χ1n) is 3.62. The molecule has 1 radical (unpaired) electrons. The first-order chi connectivity index (χ1) is 5.92. The summed E-state index contributed by atoms with van der Waals surface area (Å²) in [6.07, 6.45) is 2.32. The van der Waals surface area contributed by atoms with Crippen molar-refractivity contribution in [1.29, 1.82) is 0 Å². The molecule has 2 aromatic rings. The van der Waals surface area contributed by atoms with Crippen LogP contribution in [0, 0.1) is 6.07 Å². The van der Waals surface area contributed by atoms with Crippen molar-refractivity contribution in [2.24, 2.45) is 0 Å². The van der Waals surface area contributed by atoms with Gasteiger partial charge in [-0.3, -0.25) is 9.78 Å². The van der Waals surface area contributed by atoms with Crippen molar-refractivity contribution in [3.05, 3.63) is 42.1 Å². The third-order valence-corrected chi connectivity index (χ3v) is 1.74. The summed E-state index contributed by atoms with van der Waals surface area (Å²) in [4.78, 5) is 14.6. The Morgan fingerprint density at radius 1 is 1.33 bits per heavy atom. The van der Waals surface area contributed by atoms with Gasteiger partial charge < -0.3 is 0 Å². The fourth-order valence-corrected chi connectivity index (χ4v) is 1.16. The van der Waals surface area contributed by atoms with Crippen molar-refractivity contribution >= 4 is 17.2 Å². The predicted molar refractivity (Wildman–Crippen MR) is 46.0 cm³/mol. The topological polar surface area (TPSA) is 30.0 Å². The molecule has 0 fully saturated rings. The van der Waals surface area contributed by atoms with Crippen molar-refractivity contribution in [3.63, 3.8) is 0 Å². The lowest BCUT2D eigenvalue weighted by Gasteiger charge is -1.96. The van der Waals surface area contributed by atoms with Crippen molar-refractivity contribution in [2.75, 3.05) is 0 Å². The van der Waals surface area contributed by atoms with E-state index < -0.39 is 0 Å². The van der Waals surface area contributed by atoms with E-state index in [0.29, 0.717) is 5.56 Å². The number of para-hydroxylation sites is 1. The summed E-state index contributed by atoms with van der Waals surface area (Å²) < 4.78 is 0. The van der Waals surface area contributed by atoms with Crippen LogP contribution in [0.5, 0.6) is 0 Å². The minimum Gasteiger partial charge on any atom is -0.298 e. The summed E-state index contributed by atoms with van der Waals surface area (Å²) in [6, 6.07) is 10.3. The molecule has 2 rings (SSSR count). The van der Waals surface area contributed by atoms with Crippen LogP contribution < -0.4 is 0 Å². The summed E-state index contributed by atoms with van der Waals surface area (Å²) in [6.45, 7) is 0.